The van der Waals surface area contributed by atoms with Crippen molar-refractivity contribution >= 4 is 12.1 Å². The summed E-state index contributed by atoms with van der Waals surface area (Å²) in [6.07, 6.45) is -0.522. The molecular formula is C22H27NO5. The second kappa shape index (κ2) is 8.78. The highest BCUT2D eigenvalue weighted by atomic mass is 16.6. The van der Waals surface area contributed by atoms with E-state index >= 15 is 0 Å². The van der Waals surface area contributed by atoms with Gasteiger partial charge in [-0.25, -0.2) is 9.59 Å². The Morgan fingerprint density at radius 3 is 2.14 bits per heavy atom. The SMILES string of the molecule is Cc1cc(C)cc(-c2cc(OCCNC(=O)OC(C)(C)C)cc(C(=O)O)c2)c1. The minimum absolute atomic E-state index is 0.145. The Bertz CT molecular complexity index is 847. The van der Waals surface area contributed by atoms with E-state index in [0.717, 1.165) is 22.3 Å². The zero-order chi connectivity index (χ0) is 20.9. The van der Waals surface area contributed by atoms with Gasteiger partial charge < -0.3 is 19.9 Å². The standard InChI is InChI=1S/C22H27NO5/c1-14-8-15(2)10-16(9-14)17-11-18(20(24)25)13-19(12-17)27-7-6-23-21(26)28-22(3,4)5/h8-13H,6-7H2,1-5H3,(H,23,26)(H,24,25). The summed E-state index contributed by atoms with van der Waals surface area (Å²) in [7, 11) is 0. The number of carboxylic acids is 1. The van der Waals surface area contributed by atoms with Crippen molar-refractivity contribution in [2.45, 2.75) is 40.2 Å². The van der Waals surface area contributed by atoms with Crippen LogP contribution >= 0.6 is 0 Å². The van der Waals surface area contributed by atoms with Crippen LogP contribution in [0.5, 0.6) is 5.75 Å². The fourth-order valence-corrected chi connectivity index (χ4v) is 2.75. The number of carboxylic acid groups (broad SMARTS) is 1. The molecule has 0 heterocycles. The van der Waals surface area contributed by atoms with Gasteiger partial charge in [0, 0.05) is 0 Å². The van der Waals surface area contributed by atoms with E-state index in [1.54, 1.807) is 32.9 Å². The van der Waals surface area contributed by atoms with Crippen molar-refractivity contribution < 1.29 is 24.2 Å². The fraction of sp³-hybridized carbons (Fsp3) is 0.364. The smallest absolute Gasteiger partial charge is 0.407 e. The number of nitrogens with one attached hydrogen (secondary N) is 1. The molecule has 0 saturated carbocycles. The number of benzene rings is 2. The Labute approximate surface area is 165 Å². The van der Waals surface area contributed by atoms with Crippen LogP contribution in [0.4, 0.5) is 4.79 Å². The number of aryl methyl sites for hydroxylation is 2. The van der Waals surface area contributed by atoms with Crippen LogP contribution in [0.2, 0.25) is 0 Å². The van der Waals surface area contributed by atoms with E-state index in [4.69, 9.17) is 9.47 Å². The first-order valence-electron chi connectivity index (χ1n) is 9.10. The van der Waals surface area contributed by atoms with Crippen molar-refractivity contribution in [1.29, 1.82) is 0 Å². The van der Waals surface area contributed by atoms with E-state index in [0.29, 0.717) is 5.75 Å². The zero-order valence-corrected chi connectivity index (χ0v) is 17.0. The summed E-state index contributed by atoms with van der Waals surface area (Å²) in [5.74, 6) is -0.594. The molecule has 0 aliphatic rings. The van der Waals surface area contributed by atoms with Gasteiger partial charge in [-0.1, -0.05) is 29.3 Å². The fourth-order valence-electron chi connectivity index (χ4n) is 2.75. The molecule has 0 saturated heterocycles. The number of rotatable bonds is 6. The van der Waals surface area contributed by atoms with Gasteiger partial charge in [0.05, 0.1) is 12.1 Å². The summed E-state index contributed by atoms with van der Waals surface area (Å²) < 4.78 is 10.8. The van der Waals surface area contributed by atoms with Crippen molar-refractivity contribution in [2.24, 2.45) is 0 Å². The number of ether oxygens (including phenoxy) is 2. The largest absolute Gasteiger partial charge is 0.492 e. The lowest BCUT2D eigenvalue weighted by molar-refractivity contribution is 0.0520. The predicted molar refractivity (Wildman–Crippen MR) is 108 cm³/mol. The minimum Gasteiger partial charge on any atom is -0.492 e. The Morgan fingerprint density at radius 1 is 0.964 bits per heavy atom. The van der Waals surface area contributed by atoms with Crippen molar-refractivity contribution in [2.75, 3.05) is 13.2 Å². The molecule has 150 valence electrons. The Kier molecular flexibility index (Phi) is 6.67. The van der Waals surface area contributed by atoms with Gasteiger partial charge >= 0.3 is 12.1 Å². The number of carbonyl (C=O) groups is 2. The van der Waals surface area contributed by atoms with Crippen molar-refractivity contribution in [3.63, 3.8) is 0 Å². The molecule has 0 aromatic heterocycles. The number of hydrogen-bond acceptors (Lipinski definition) is 4. The van der Waals surface area contributed by atoms with Crippen molar-refractivity contribution in [3.8, 4) is 16.9 Å². The van der Waals surface area contributed by atoms with E-state index in [2.05, 4.69) is 11.4 Å². The molecule has 0 atom stereocenters. The highest BCUT2D eigenvalue weighted by Gasteiger charge is 2.15. The van der Waals surface area contributed by atoms with E-state index in [1.165, 1.54) is 6.07 Å². The molecule has 6 nitrogen and oxygen atoms in total. The summed E-state index contributed by atoms with van der Waals surface area (Å²) in [4.78, 5) is 23.1. The highest BCUT2D eigenvalue weighted by molar-refractivity contribution is 5.90. The van der Waals surface area contributed by atoms with Gasteiger partial charge in [0.25, 0.3) is 0 Å². The molecule has 1 amide bonds. The molecule has 28 heavy (non-hydrogen) atoms. The topological polar surface area (TPSA) is 84.9 Å². The Balaban J connectivity index is 2.11. The molecule has 6 heteroatoms. The predicted octanol–water partition coefficient (Wildman–Crippen LogP) is 4.57. The second-order valence-corrected chi connectivity index (χ2v) is 7.70. The van der Waals surface area contributed by atoms with Crippen LogP contribution in [0.15, 0.2) is 36.4 Å². The molecular weight excluding hydrogens is 358 g/mol. The minimum atomic E-state index is -1.03. The maximum Gasteiger partial charge on any atom is 0.407 e. The average Bonchev–Trinajstić information content (AvgIpc) is 2.56. The molecule has 0 fully saturated rings. The summed E-state index contributed by atoms with van der Waals surface area (Å²) in [5.41, 5.74) is 3.46. The second-order valence-electron chi connectivity index (χ2n) is 7.70. The lowest BCUT2D eigenvalue weighted by Crippen LogP contribution is -2.34. The van der Waals surface area contributed by atoms with Gasteiger partial charge in [-0.2, -0.15) is 0 Å². The molecule has 2 aromatic carbocycles. The lowest BCUT2D eigenvalue weighted by Gasteiger charge is -2.19. The quantitative estimate of drug-likeness (QED) is 0.712. The van der Waals surface area contributed by atoms with Crippen LogP contribution in [0.3, 0.4) is 0 Å². The number of amides is 1. The number of aromatic carboxylic acids is 1. The van der Waals surface area contributed by atoms with E-state index in [1.807, 2.05) is 26.0 Å². The van der Waals surface area contributed by atoms with Crippen LogP contribution < -0.4 is 10.1 Å². The van der Waals surface area contributed by atoms with E-state index in [9.17, 15) is 14.7 Å². The van der Waals surface area contributed by atoms with Crippen LogP contribution in [-0.2, 0) is 4.74 Å². The van der Waals surface area contributed by atoms with Gasteiger partial charge in [0.15, 0.2) is 0 Å². The summed E-state index contributed by atoms with van der Waals surface area (Å²) >= 11 is 0. The number of alkyl carbamates (subject to hydrolysis) is 1. The van der Waals surface area contributed by atoms with Crippen LogP contribution in [0.25, 0.3) is 11.1 Å². The lowest BCUT2D eigenvalue weighted by atomic mass is 9.99. The van der Waals surface area contributed by atoms with Crippen LogP contribution in [0, 0.1) is 13.8 Å². The number of hydrogen-bond donors (Lipinski definition) is 2. The monoisotopic (exact) mass is 385 g/mol. The summed E-state index contributed by atoms with van der Waals surface area (Å²) in [5, 5.41) is 12.0. The van der Waals surface area contributed by atoms with E-state index in [-0.39, 0.29) is 18.7 Å². The van der Waals surface area contributed by atoms with Gasteiger partial charge in [0.1, 0.15) is 18.0 Å². The summed E-state index contributed by atoms with van der Waals surface area (Å²) in [6, 6.07) is 11.0. The van der Waals surface area contributed by atoms with Crippen molar-refractivity contribution in [3.05, 3.63) is 53.1 Å². The molecule has 0 spiro atoms. The number of carbonyl (C=O) groups excluding carboxylic acids is 1. The molecule has 0 bridgehead atoms. The molecule has 0 radical (unpaired) electrons. The molecule has 0 aliphatic heterocycles. The normalized spacial score (nSPS) is 11.0. The van der Waals surface area contributed by atoms with E-state index < -0.39 is 17.7 Å². The van der Waals surface area contributed by atoms with Crippen LogP contribution in [-0.4, -0.2) is 35.9 Å². The average molecular weight is 385 g/mol. The highest BCUT2D eigenvalue weighted by Crippen LogP contribution is 2.28. The Morgan fingerprint density at radius 2 is 1.57 bits per heavy atom. The maximum atomic E-state index is 11.6. The first kappa shape index (κ1) is 21.3. The molecule has 2 N–H and O–H groups in total. The van der Waals surface area contributed by atoms with Gasteiger partial charge in [0.2, 0.25) is 0 Å². The molecule has 0 unspecified atom stereocenters. The van der Waals surface area contributed by atoms with Gasteiger partial charge in [-0.3, -0.25) is 0 Å². The third-order valence-corrected chi connectivity index (χ3v) is 3.75. The third kappa shape index (κ3) is 6.61. The molecule has 2 rings (SSSR count). The zero-order valence-electron chi connectivity index (χ0n) is 17.0. The van der Waals surface area contributed by atoms with Crippen molar-refractivity contribution in [1.82, 2.24) is 5.32 Å². The van der Waals surface area contributed by atoms with Gasteiger partial charge in [-0.05, 0) is 63.9 Å². The third-order valence-electron chi connectivity index (χ3n) is 3.75. The molecule has 0 aliphatic carbocycles. The first-order chi connectivity index (χ1) is 13.0. The van der Waals surface area contributed by atoms with Crippen LogP contribution in [0.1, 0.15) is 42.3 Å². The van der Waals surface area contributed by atoms with Gasteiger partial charge in [-0.15, -0.1) is 0 Å². The Hall–Kier alpha value is -3.02. The first-order valence-corrected chi connectivity index (χ1v) is 9.10. The molecule has 2 aromatic rings. The maximum absolute atomic E-state index is 11.6. The summed E-state index contributed by atoms with van der Waals surface area (Å²) in [6.45, 7) is 9.79.